The fraction of sp³-hybridized carbons (Fsp3) is 0.333. The number of halogens is 1. The lowest BCUT2D eigenvalue weighted by Crippen LogP contribution is -2.38. The number of carbonyl (C=O) groups is 2. The predicted molar refractivity (Wildman–Crippen MR) is 103 cm³/mol. The Morgan fingerprint density at radius 2 is 1.59 bits per heavy atom. The molecule has 2 unspecified atom stereocenters. The van der Waals surface area contributed by atoms with Crippen LogP contribution < -0.4 is 16.0 Å². The zero-order valence-electron chi connectivity index (χ0n) is 15.5. The van der Waals surface area contributed by atoms with Crippen LogP contribution in [0.25, 0.3) is 0 Å². The molecule has 0 aliphatic heterocycles. The van der Waals surface area contributed by atoms with E-state index in [-0.39, 0.29) is 29.7 Å². The second-order valence-electron chi connectivity index (χ2n) is 6.97. The number of urea groups is 1. The monoisotopic (exact) mass is 369 g/mol. The molecule has 0 saturated heterocycles. The summed E-state index contributed by atoms with van der Waals surface area (Å²) >= 11 is 0. The third-order valence-corrected chi connectivity index (χ3v) is 4.69. The minimum atomic E-state index is -0.446. The van der Waals surface area contributed by atoms with E-state index in [4.69, 9.17) is 0 Å². The van der Waals surface area contributed by atoms with E-state index in [2.05, 4.69) is 16.0 Å². The highest BCUT2D eigenvalue weighted by molar-refractivity contribution is 5.94. The van der Waals surface area contributed by atoms with Crippen LogP contribution in [0.2, 0.25) is 0 Å². The van der Waals surface area contributed by atoms with Crippen LogP contribution in [0, 0.1) is 11.7 Å². The lowest BCUT2D eigenvalue weighted by atomic mass is 10.1. The van der Waals surface area contributed by atoms with Gasteiger partial charge < -0.3 is 16.0 Å². The fourth-order valence-corrected chi connectivity index (χ4v) is 2.87. The van der Waals surface area contributed by atoms with Gasteiger partial charge in [0.05, 0.1) is 12.1 Å². The minimum absolute atomic E-state index is 0.0652. The molecule has 5 nitrogen and oxygen atoms in total. The Labute approximate surface area is 158 Å². The molecule has 0 spiro atoms. The van der Waals surface area contributed by atoms with Crippen LogP contribution in [0.15, 0.2) is 48.5 Å². The molecule has 0 bridgehead atoms. The molecule has 2 aromatic carbocycles. The average molecular weight is 369 g/mol. The molecular formula is C21H24FN3O2. The number of benzene rings is 2. The lowest BCUT2D eigenvalue weighted by molar-refractivity contribution is -0.117. The van der Waals surface area contributed by atoms with Crippen LogP contribution in [0.3, 0.4) is 0 Å². The second kappa shape index (κ2) is 8.20. The third kappa shape index (κ3) is 5.06. The number of carbonyl (C=O) groups excluding carboxylic acids is 2. The molecule has 0 heterocycles. The molecule has 1 fully saturated rings. The Morgan fingerprint density at radius 3 is 2.22 bits per heavy atom. The van der Waals surface area contributed by atoms with Gasteiger partial charge in [-0.3, -0.25) is 4.79 Å². The van der Waals surface area contributed by atoms with Gasteiger partial charge in [0.25, 0.3) is 0 Å². The van der Waals surface area contributed by atoms with Crippen molar-refractivity contribution >= 4 is 17.6 Å². The van der Waals surface area contributed by atoms with Crippen LogP contribution in [0.5, 0.6) is 0 Å². The predicted octanol–water partition coefficient (Wildman–Crippen LogP) is 4.30. The van der Waals surface area contributed by atoms with E-state index in [9.17, 15) is 14.0 Å². The van der Waals surface area contributed by atoms with Crippen LogP contribution in [-0.2, 0) is 4.79 Å². The lowest BCUT2D eigenvalue weighted by Gasteiger charge is -2.19. The van der Waals surface area contributed by atoms with E-state index < -0.39 is 6.04 Å². The van der Waals surface area contributed by atoms with Crippen molar-refractivity contribution in [3.05, 3.63) is 65.5 Å². The van der Waals surface area contributed by atoms with Gasteiger partial charge >= 0.3 is 6.03 Å². The summed E-state index contributed by atoms with van der Waals surface area (Å²) in [5.74, 6) is -0.122. The normalized spacial score (nSPS) is 15.5. The van der Waals surface area contributed by atoms with E-state index >= 15 is 0 Å². The summed E-state index contributed by atoms with van der Waals surface area (Å²) in [6, 6.07) is 12.7. The van der Waals surface area contributed by atoms with Gasteiger partial charge in [-0.05, 0) is 50.5 Å². The number of hydrogen-bond acceptors (Lipinski definition) is 2. The Balaban J connectivity index is 1.53. The van der Waals surface area contributed by atoms with E-state index in [0.29, 0.717) is 5.56 Å². The second-order valence-corrected chi connectivity index (χ2v) is 6.97. The zero-order valence-corrected chi connectivity index (χ0v) is 15.5. The summed E-state index contributed by atoms with van der Waals surface area (Å²) in [7, 11) is 0. The van der Waals surface area contributed by atoms with E-state index in [1.165, 1.54) is 6.07 Å². The molecule has 1 saturated carbocycles. The molecule has 2 atom stereocenters. The Kier molecular flexibility index (Phi) is 5.74. The van der Waals surface area contributed by atoms with Crippen LogP contribution in [0.1, 0.15) is 49.9 Å². The van der Waals surface area contributed by atoms with Crippen molar-refractivity contribution in [2.75, 3.05) is 5.32 Å². The molecule has 3 N–H and O–H groups in total. The Bertz CT molecular complexity index is 818. The first-order valence-corrected chi connectivity index (χ1v) is 9.16. The Hall–Kier alpha value is -2.89. The molecule has 142 valence electrons. The number of amides is 3. The van der Waals surface area contributed by atoms with Crippen LogP contribution in [0.4, 0.5) is 14.9 Å². The first-order chi connectivity index (χ1) is 12.9. The maximum absolute atomic E-state index is 13.8. The van der Waals surface area contributed by atoms with Crippen LogP contribution in [-0.4, -0.2) is 11.9 Å². The van der Waals surface area contributed by atoms with Gasteiger partial charge in [-0.25, -0.2) is 9.18 Å². The number of anilines is 1. The molecule has 3 amide bonds. The van der Waals surface area contributed by atoms with Gasteiger partial charge in [-0.2, -0.15) is 0 Å². The molecule has 1 aliphatic carbocycles. The summed E-state index contributed by atoms with van der Waals surface area (Å²) in [5, 5.41) is 8.48. The topological polar surface area (TPSA) is 70.2 Å². The van der Waals surface area contributed by atoms with Gasteiger partial charge in [0.15, 0.2) is 0 Å². The molecule has 0 aromatic heterocycles. The number of nitrogens with one attached hydrogen (secondary N) is 3. The summed E-state index contributed by atoms with van der Waals surface area (Å²) < 4.78 is 13.8. The molecule has 1 aliphatic rings. The quantitative estimate of drug-likeness (QED) is 0.711. The van der Waals surface area contributed by atoms with Crippen molar-refractivity contribution in [2.24, 2.45) is 5.92 Å². The zero-order chi connectivity index (χ0) is 19.4. The van der Waals surface area contributed by atoms with E-state index in [1.54, 1.807) is 25.1 Å². The minimum Gasteiger partial charge on any atom is -0.332 e. The summed E-state index contributed by atoms with van der Waals surface area (Å²) in [6.45, 7) is 3.60. The van der Waals surface area contributed by atoms with Crippen molar-refractivity contribution in [2.45, 2.75) is 38.8 Å². The standard InChI is InChI=1S/C21H24FN3O2/c1-13(15-9-11-17(12-10-15)25-20(26)16-7-8-16)23-21(27)24-14(2)18-5-3-4-6-19(18)22/h3-6,9-14,16H,7-8H2,1-2H3,(H,25,26)(H2,23,24,27). The van der Waals surface area contributed by atoms with E-state index in [1.807, 2.05) is 31.2 Å². The molecule has 27 heavy (non-hydrogen) atoms. The average Bonchev–Trinajstić information content (AvgIpc) is 3.47. The highest BCUT2D eigenvalue weighted by Crippen LogP contribution is 2.30. The number of rotatable bonds is 6. The van der Waals surface area contributed by atoms with Gasteiger partial charge in [0.2, 0.25) is 5.91 Å². The van der Waals surface area contributed by atoms with Crippen molar-refractivity contribution in [3.8, 4) is 0 Å². The van der Waals surface area contributed by atoms with Gasteiger partial charge in [-0.15, -0.1) is 0 Å². The van der Waals surface area contributed by atoms with Crippen LogP contribution >= 0.6 is 0 Å². The smallest absolute Gasteiger partial charge is 0.315 e. The largest absolute Gasteiger partial charge is 0.332 e. The van der Waals surface area contributed by atoms with E-state index in [0.717, 1.165) is 24.1 Å². The molecule has 0 radical (unpaired) electrons. The van der Waals surface area contributed by atoms with Gasteiger partial charge in [-0.1, -0.05) is 30.3 Å². The van der Waals surface area contributed by atoms with Crippen molar-refractivity contribution < 1.29 is 14.0 Å². The third-order valence-electron chi connectivity index (χ3n) is 4.69. The van der Waals surface area contributed by atoms with Gasteiger partial charge in [0, 0.05) is 17.2 Å². The summed E-state index contributed by atoms with van der Waals surface area (Å²) in [5.41, 5.74) is 2.10. The van der Waals surface area contributed by atoms with Crippen molar-refractivity contribution in [1.82, 2.24) is 10.6 Å². The molecule has 3 rings (SSSR count). The first-order valence-electron chi connectivity index (χ1n) is 9.16. The molecule has 2 aromatic rings. The van der Waals surface area contributed by atoms with Crippen molar-refractivity contribution in [3.63, 3.8) is 0 Å². The highest BCUT2D eigenvalue weighted by Gasteiger charge is 2.29. The maximum atomic E-state index is 13.8. The summed E-state index contributed by atoms with van der Waals surface area (Å²) in [6.07, 6.45) is 1.93. The molecular weight excluding hydrogens is 345 g/mol. The van der Waals surface area contributed by atoms with Gasteiger partial charge in [0.1, 0.15) is 5.82 Å². The SMILES string of the molecule is CC(NC(=O)NC(C)c1ccccc1F)c1ccc(NC(=O)C2CC2)cc1. The first kappa shape index (κ1) is 18.9. The van der Waals surface area contributed by atoms with Crippen molar-refractivity contribution in [1.29, 1.82) is 0 Å². The summed E-state index contributed by atoms with van der Waals surface area (Å²) in [4.78, 5) is 24.0. The number of hydrogen-bond donors (Lipinski definition) is 3. The maximum Gasteiger partial charge on any atom is 0.315 e. The molecule has 6 heteroatoms. The Morgan fingerprint density at radius 1 is 0.963 bits per heavy atom. The fourth-order valence-electron chi connectivity index (χ4n) is 2.87. The highest BCUT2D eigenvalue weighted by atomic mass is 19.1.